The van der Waals surface area contributed by atoms with Crippen molar-refractivity contribution < 1.29 is 19.1 Å². The van der Waals surface area contributed by atoms with Crippen LogP contribution in [0.25, 0.3) is 10.9 Å². The van der Waals surface area contributed by atoms with Crippen LogP contribution in [0.15, 0.2) is 71.7 Å². The summed E-state index contributed by atoms with van der Waals surface area (Å²) in [5.74, 6) is 0.223. The van der Waals surface area contributed by atoms with Gasteiger partial charge in [0.2, 0.25) is 18.1 Å². The quantitative estimate of drug-likeness (QED) is 0.457. The molecule has 7 nitrogen and oxygen atoms in total. The number of aryl methyl sites for hydroxylation is 2. The average Bonchev–Trinajstić information content (AvgIpc) is 3.29. The van der Waals surface area contributed by atoms with Gasteiger partial charge in [-0.2, -0.15) is 0 Å². The molecule has 7 heteroatoms. The van der Waals surface area contributed by atoms with Crippen LogP contribution in [0.5, 0.6) is 11.5 Å². The lowest BCUT2D eigenvalue weighted by Gasteiger charge is -2.15. The van der Waals surface area contributed by atoms with E-state index in [1.54, 1.807) is 28.8 Å². The fraction of sp³-hybridized carbons (Fsp3) is 0.148. The minimum Gasteiger partial charge on any atom is -0.454 e. The molecule has 0 radical (unpaired) electrons. The Bertz CT molecular complexity index is 1500. The second-order valence-electron chi connectivity index (χ2n) is 8.28. The topological polar surface area (TPSA) is 86.6 Å². The highest BCUT2D eigenvalue weighted by molar-refractivity contribution is 6.10. The van der Waals surface area contributed by atoms with Crippen molar-refractivity contribution in [1.82, 2.24) is 4.57 Å². The monoisotopic (exact) mass is 454 g/mol. The largest absolute Gasteiger partial charge is 0.454 e. The van der Waals surface area contributed by atoms with E-state index in [0.29, 0.717) is 28.3 Å². The zero-order valence-corrected chi connectivity index (χ0v) is 18.8. The van der Waals surface area contributed by atoms with E-state index in [1.807, 2.05) is 50.2 Å². The minimum absolute atomic E-state index is 0.0149. The van der Waals surface area contributed by atoms with Crippen LogP contribution in [0.4, 0.5) is 5.69 Å². The standard InChI is InChI=1S/C27H22N2O5/c1-16-7-9-18(10-8-16)26(31)20-13-29(14-25(30)28-21-6-4-3-5-17(21)2)22-12-24-23(33-15-34-24)11-19(22)27(20)32/h3-13H,14-15H2,1-2H3,(H,28,30). The highest BCUT2D eigenvalue weighted by atomic mass is 16.7. The van der Waals surface area contributed by atoms with Crippen molar-refractivity contribution in [3.8, 4) is 11.5 Å². The molecule has 0 saturated carbocycles. The number of carbonyl (C=O) groups is 2. The van der Waals surface area contributed by atoms with Crippen LogP contribution < -0.4 is 20.2 Å². The number of para-hydroxylation sites is 1. The van der Waals surface area contributed by atoms with E-state index >= 15 is 0 Å². The van der Waals surface area contributed by atoms with Gasteiger partial charge in [0, 0.05) is 23.5 Å². The number of ether oxygens (including phenoxy) is 2. The number of carbonyl (C=O) groups excluding carboxylic acids is 2. The smallest absolute Gasteiger partial charge is 0.244 e. The molecule has 0 spiro atoms. The molecule has 5 rings (SSSR count). The second kappa shape index (κ2) is 8.51. The van der Waals surface area contributed by atoms with Gasteiger partial charge in [0.05, 0.1) is 16.5 Å². The summed E-state index contributed by atoms with van der Waals surface area (Å²) in [6.07, 6.45) is 1.45. The third-order valence-corrected chi connectivity index (χ3v) is 5.87. The zero-order chi connectivity index (χ0) is 23.8. The van der Waals surface area contributed by atoms with Crippen LogP contribution in [0.3, 0.4) is 0 Å². The first-order valence-corrected chi connectivity index (χ1v) is 10.8. The van der Waals surface area contributed by atoms with Gasteiger partial charge in [0.15, 0.2) is 17.3 Å². The lowest BCUT2D eigenvalue weighted by atomic mass is 10.0. The molecule has 170 valence electrons. The zero-order valence-electron chi connectivity index (χ0n) is 18.8. The van der Waals surface area contributed by atoms with Crippen molar-refractivity contribution in [2.24, 2.45) is 0 Å². The molecule has 1 amide bonds. The summed E-state index contributed by atoms with van der Waals surface area (Å²) in [5, 5.41) is 3.18. The maximum Gasteiger partial charge on any atom is 0.244 e. The molecule has 0 saturated heterocycles. The Balaban J connectivity index is 1.60. The van der Waals surface area contributed by atoms with E-state index in [4.69, 9.17) is 9.47 Å². The van der Waals surface area contributed by atoms with E-state index in [0.717, 1.165) is 11.1 Å². The molecule has 0 atom stereocenters. The van der Waals surface area contributed by atoms with E-state index in [9.17, 15) is 14.4 Å². The summed E-state index contributed by atoms with van der Waals surface area (Å²) < 4.78 is 12.5. The van der Waals surface area contributed by atoms with Crippen LogP contribution in [0, 0.1) is 13.8 Å². The van der Waals surface area contributed by atoms with E-state index in [2.05, 4.69) is 5.32 Å². The number of aromatic nitrogens is 1. The van der Waals surface area contributed by atoms with Gasteiger partial charge >= 0.3 is 0 Å². The van der Waals surface area contributed by atoms with Crippen molar-refractivity contribution in [2.75, 3.05) is 12.1 Å². The first-order valence-electron chi connectivity index (χ1n) is 10.8. The van der Waals surface area contributed by atoms with Gasteiger partial charge in [-0.1, -0.05) is 48.0 Å². The summed E-state index contributed by atoms with van der Waals surface area (Å²) in [5.41, 5.74) is 3.08. The molecule has 0 unspecified atom stereocenters. The molecule has 3 aromatic carbocycles. The van der Waals surface area contributed by atoms with E-state index in [1.165, 1.54) is 6.20 Å². The number of nitrogens with zero attached hydrogens (tertiary/aromatic N) is 1. The van der Waals surface area contributed by atoms with Gasteiger partial charge in [0.25, 0.3) is 0 Å². The molecular formula is C27H22N2O5. The number of ketones is 1. The predicted molar refractivity (Wildman–Crippen MR) is 129 cm³/mol. The molecule has 1 aromatic heterocycles. The van der Waals surface area contributed by atoms with Crippen molar-refractivity contribution in [3.63, 3.8) is 0 Å². The Morgan fingerprint density at radius 1 is 0.971 bits per heavy atom. The maximum atomic E-state index is 13.4. The molecule has 1 aliphatic rings. The molecule has 0 bridgehead atoms. The molecule has 1 N–H and O–H groups in total. The Kier molecular flexibility index (Phi) is 5.37. The van der Waals surface area contributed by atoms with Gasteiger partial charge < -0.3 is 19.4 Å². The number of rotatable bonds is 5. The average molecular weight is 454 g/mol. The summed E-state index contributed by atoms with van der Waals surface area (Å²) >= 11 is 0. The number of benzene rings is 3. The highest BCUT2D eigenvalue weighted by Crippen LogP contribution is 2.35. The summed E-state index contributed by atoms with van der Waals surface area (Å²) in [6.45, 7) is 3.78. The normalized spacial score (nSPS) is 12.1. The second-order valence-corrected chi connectivity index (χ2v) is 8.28. The highest BCUT2D eigenvalue weighted by Gasteiger charge is 2.22. The van der Waals surface area contributed by atoms with Crippen LogP contribution in [-0.2, 0) is 11.3 Å². The maximum absolute atomic E-state index is 13.4. The van der Waals surface area contributed by atoms with Gasteiger partial charge in [-0.3, -0.25) is 14.4 Å². The Morgan fingerprint density at radius 3 is 2.41 bits per heavy atom. The van der Waals surface area contributed by atoms with Gasteiger partial charge in [-0.05, 0) is 31.5 Å². The first kappa shape index (κ1) is 21.5. The Hall–Kier alpha value is -4.39. The van der Waals surface area contributed by atoms with Gasteiger partial charge in [-0.25, -0.2) is 0 Å². The van der Waals surface area contributed by atoms with Crippen molar-refractivity contribution in [3.05, 3.63) is 99.3 Å². The van der Waals surface area contributed by atoms with Crippen molar-refractivity contribution in [1.29, 1.82) is 0 Å². The van der Waals surface area contributed by atoms with Crippen LogP contribution >= 0.6 is 0 Å². The van der Waals surface area contributed by atoms with Crippen molar-refractivity contribution in [2.45, 2.75) is 20.4 Å². The summed E-state index contributed by atoms with van der Waals surface area (Å²) in [6, 6.07) is 17.7. The SMILES string of the molecule is Cc1ccc(C(=O)c2cn(CC(=O)Nc3ccccc3C)c3cc4c(cc3c2=O)OCO4)cc1. The van der Waals surface area contributed by atoms with Crippen molar-refractivity contribution >= 4 is 28.3 Å². The molecular weight excluding hydrogens is 432 g/mol. The Labute approximate surface area is 195 Å². The molecule has 4 aromatic rings. The predicted octanol–water partition coefficient (Wildman–Crippen LogP) is 4.22. The number of fused-ring (bicyclic) bond motifs is 2. The lowest BCUT2D eigenvalue weighted by molar-refractivity contribution is -0.116. The molecule has 1 aliphatic heterocycles. The van der Waals surface area contributed by atoms with Gasteiger partial charge in [0.1, 0.15) is 6.54 Å². The number of amides is 1. The van der Waals surface area contributed by atoms with E-state index < -0.39 is 11.2 Å². The van der Waals surface area contributed by atoms with Crippen LogP contribution in [0.1, 0.15) is 27.0 Å². The summed E-state index contributed by atoms with van der Waals surface area (Å²) in [4.78, 5) is 39.5. The molecule has 2 heterocycles. The number of nitrogens with one attached hydrogen (secondary N) is 1. The number of pyridine rings is 1. The third kappa shape index (κ3) is 3.92. The fourth-order valence-corrected chi connectivity index (χ4v) is 3.99. The van der Waals surface area contributed by atoms with Gasteiger partial charge in [-0.15, -0.1) is 0 Å². The molecule has 34 heavy (non-hydrogen) atoms. The first-order chi connectivity index (χ1) is 16.4. The number of hydrogen-bond donors (Lipinski definition) is 1. The number of hydrogen-bond acceptors (Lipinski definition) is 5. The minimum atomic E-state index is -0.422. The molecule has 0 fully saturated rings. The fourth-order valence-electron chi connectivity index (χ4n) is 3.99. The van der Waals surface area contributed by atoms with Crippen LogP contribution in [0.2, 0.25) is 0 Å². The van der Waals surface area contributed by atoms with Crippen LogP contribution in [-0.4, -0.2) is 23.1 Å². The molecule has 0 aliphatic carbocycles. The lowest BCUT2D eigenvalue weighted by Crippen LogP contribution is -2.24. The number of anilines is 1. The third-order valence-electron chi connectivity index (χ3n) is 5.87. The Morgan fingerprint density at radius 2 is 1.68 bits per heavy atom. The summed E-state index contributed by atoms with van der Waals surface area (Å²) in [7, 11) is 0. The van der Waals surface area contributed by atoms with E-state index in [-0.39, 0.29) is 30.2 Å².